The Morgan fingerprint density at radius 3 is 2.57 bits per heavy atom. The number of nitrogens with one attached hydrogen (secondary N) is 2. The second kappa shape index (κ2) is 10.6. The number of carbonyl (C=O) groups is 3. The zero-order valence-corrected chi connectivity index (χ0v) is 17.4. The summed E-state index contributed by atoms with van der Waals surface area (Å²) in [6.45, 7) is 8.90. The molecule has 8 heteroatoms. The Bertz CT molecular complexity index is 548. The van der Waals surface area contributed by atoms with Gasteiger partial charge in [-0.15, -0.1) is 0 Å². The number of amides is 3. The number of nitrogens with zero attached hydrogens (tertiary/aromatic N) is 2. The molecule has 1 atom stereocenters. The maximum Gasteiger partial charge on any atom is 0.317 e. The largest absolute Gasteiger partial charge is 0.480 e. The van der Waals surface area contributed by atoms with E-state index in [1.54, 1.807) is 0 Å². The van der Waals surface area contributed by atoms with Gasteiger partial charge in [-0.2, -0.15) is 0 Å². The van der Waals surface area contributed by atoms with Crippen molar-refractivity contribution in [3.05, 3.63) is 0 Å². The van der Waals surface area contributed by atoms with Crippen LogP contribution >= 0.6 is 0 Å². The molecule has 28 heavy (non-hydrogen) atoms. The molecule has 2 rings (SSSR count). The van der Waals surface area contributed by atoms with Gasteiger partial charge in [0.25, 0.3) is 0 Å². The standard InChI is InChI=1S/C20H36N4O4/c1-4-23(13-19(26)27)17-9-16(10-17)22-18(25)8-15-6-5-7-24(12-15)20(28)21-11-14(2)3/h14-17H,4-13H2,1-3H3,(H,21,28)(H,22,25)(H,26,27). The van der Waals surface area contributed by atoms with Crippen LogP contribution in [0.5, 0.6) is 0 Å². The molecule has 1 saturated heterocycles. The fraction of sp³-hybridized carbons (Fsp3) is 0.850. The first kappa shape index (κ1) is 22.5. The summed E-state index contributed by atoms with van der Waals surface area (Å²) >= 11 is 0. The molecule has 0 spiro atoms. The average molecular weight is 397 g/mol. The number of hydrogen-bond donors (Lipinski definition) is 3. The predicted molar refractivity (Wildman–Crippen MR) is 107 cm³/mol. The molecule has 8 nitrogen and oxygen atoms in total. The van der Waals surface area contributed by atoms with Crippen LogP contribution in [-0.2, 0) is 9.59 Å². The molecule has 2 fully saturated rings. The number of aliphatic carboxylic acids is 1. The Hall–Kier alpha value is -1.83. The fourth-order valence-corrected chi connectivity index (χ4v) is 4.04. The second-order valence-corrected chi connectivity index (χ2v) is 8.58. The molecule has 1 aliphatic heterocycles. The Balaban J connectivity index is 1.69. The molecule has 1 unspecified atom stereocenters. The SMILES string of the molecule is CCN(CC(=O)O)C1CC(NC(=O)CC2CCCN(C(=O)NCC(C)C)C2)C1. The minimum Gasteiger partial charge on any atom is -0.480 e. The maximum absolute atomic E-state index is 12.4. The van der Waals surface area contributed by atoms with Crippen molar-refractivity contribution in [3.8, 4) is 0 Å². The van der Waals surface area contributed by atoms with Crippen molar-refractivity contribution in [1.82, 2.24) is 20.4 Å². The van der Waals surface area contributed by atoms with Gasteiger partial charge in [0, 0.05) is 38.1 Å². The van der Waals surface area contributed by atoms with Crippen LogP contribution in [0.4, 0.5) is 4.79 Å². The molecule has 3 amide bonds. The van der Waals surface area contributed by atoms with Crippen LogP contribution in [0.15, 0.2) is 0 Å². The Labute approximate surface area is 168 Å². The van der Waals surface area contributed by atoms with Gasteiger partial charge in [-0.3, -0.25) is 14.5 Å². The van der Waals surface area contributed by atoms with Gasteiger partial charge in [0.05, 0.1) is 6.54 Å². The van der Waals surface area contributed by atoms with Gasteiger partial charge >= 0.3 is 12.0 Å². The monoisotopic (exact) mass is 396 g/mol. The van der Waals surface area contributed by atoms with Crippen LogP contribution in [0.1, 0.15) is 52.9 Å². The number of carboxylic acid groups (broad SMARTS) is 1. The van der Waals surface area contributed by atoms with Crippen LogP contribution in [0.25, 0.3) is 0 Å². The van der Waals surface area contributed by atoms with E-state index in [0.717, 1.165) is 32.2 Å². The van der Waals surface area contributed by atoms with Gasteiger partial charge in [0.1, 0.15) is 0 Å². The van der Waals surface area contributed by atoms with E-state index >= 15 is 0 Å². The topological polar surface area (TPSA) is 102 Å². The summed E-state index contributed by atoms with van der Waals surface area (Å²) in [5.41, 5.74) is 0. The molecule has 2 aliphatic rings. The second-order valence-electron chi connectivity index (χ2n) is 8.58. The minimum atomic E-state index is -0.811. The lowest BCUT2D eigenvalue weighted by Crippen LogP contribution is -2.55. The maximum atomic E-state index is 12.4. The Morgan fingerprint density at radius 1 is 1.25 bits per heavy atom. The fourth-order valence-electron chi connectivity index (χ4n) is 4.04. The summed E-state index contributed by atoms with van der Waals surface area (Å²) in [6, 6.07) is 0.342. The van der Waals surface area contributed by atoms with E-state index in [-0.39, 0.29) is 36.5 Å². The van der Waals surface area contributed by atoms with Crippen LogP contribution in [0.3, 0.4) is 0 Å². The summed E-state index contributed by atoms with van der Waals surface area (Å²) < 4.78 is 0. The summed E-state index contributed by atoms with van der Waals surface area (Å²) in [6.07, 6.45) is 3.96. The van der Waals surface area contributed by atoms with Crippen molar-refractivity contribution in [2.45, 2.75) is 65.0 Å². The number of carboxylic acids is 1. The molecule has 0 aromatic rings. The lowest BCUT2D eigenvalue weighted by molar-refractivity contribution is -0.139. The predicted octanol–water partition coefficient (Wildman–Crippen LogP) is 1.51. The number of hydrogen-bond acceptors (Lipinski definition) is 4. The van der Waals surface area contributed by atoms with Gasteiger partial charge in [-0.05, 0) is 44.1 Å². The molecule has 1 aliphatic carbocycles. The highest BCUT2D eigenvalue weighted by atomic mass is 16.4. The molecular formula is C20H36N4O4. The lowest BCUT2D eigenvalue weighted by Gasteiger charge is -2.42. The Kier molecular flexibility index (Phi) is 8.54. The summed E-state index contributed by atoms with van der Waals surface area (Å²) in [4.78, 5) is 39.3. The van der Waals surface area contributed by atoms with Gasteiger partial charge in [0.2, 0.25) is 5.91 Å². The van der Waals surface area contributed by atoms with Crippen molar-refractivity contribution >= 4 is 17.9 Å². The number of piperidine rings is 1. The zero-order valence-electron chi connectivity index (χ0n) is 17.4. The van der Waals surface area contributed by atoms with E-state index in [1.807, 2.05) is 16.7 Å². The average Bonchev–Trinajstić information content (AvgIpc) is 2.60. The van der Waals surface area contributed by atoms with Crippen molar-refractivity contribution in [2.75, 3.05) is 32.7 Å². The highest BCUT2D eigenvalue weighted by Crippen LogP contribution is 2.26. The highest BCUT2D eigenvalue weighted by molar-refractivity contribution is 5.77. The first-order valence-electron chi connectivity index (χ1n) is 10.6. The van der Waals surface area contributed by atoms with Crippen LogP contribution < -0.4 is 10.6 Å². The molecule has 0 aromatic heterocycles. The number of urea groups is 1. The normalized spacial score (nSPS) is 24.8. The third-order valence-electron chi connectivity index (χ3n) is 5.68. The van der Waals surface area contributed by atoms with Crippen LogP contribution in [0.2, 0.25) is 0 Å². The number of carbonyl (C=O) groups excluding carboxylic acids is 2. The third-order valence-corrected chi connectivity index (χ3v) is 5.68. The van der Waals surface area contributed by atoms with E-state index in [4.69, 9.17) is 5.11 Å². The van der Waals surface area contributed by atoms with E-state index < -0.39 is 5.97 Å². The quantitative estimate of drug-likeness (QED) is 0.548. The molecular weight excluding hydrogens is 360 g/mol. The first-order chi connectivity index (χ1) is 13.3. The molecule has 0 bridgehead atoms. The summed E-state index contributed by atoms with van der Waals surface area (Å²) in [5.74, 6) is -0.151. The van der Waals surface area contributed by atoms with E-state index in [1.165, 1.54) is 0 Å². The Morgan fingerprint density at radius 2 is 1.96 bits per heavy atom. The number of likely N-dealkylation sites (N-methyl/N-ethyl adjacent to an activating group) is 1. The van der Waals surface area contributed by atoms with Crippen molar-refractivity contribution in [1.29, 1.82) is 0 Å². The summed E-state index contributed by atoms with van der Waals surface area (Å²) in [7, 11) is 0. The highest BCUT2D eigenvalue weighted by Gasteiger charge is 2.35. The van der Waals surface area contributed by atoms with Gasteiger partial charge < -0.3 is 20.6 Å². The summed E-state index contributed by atoms with van der Waals surface area (Å²) in [5, 5.41) is 15.0. The first-order valence-corrected chi connectivity index (χ1v) is 10.6. The molecule has 1 heterocycles. The van der Waals surface area contributed by atoms with Crippen molar-refractivity contribution < 1.29 is 19.5 Å². The van der Waals surface area contributed by atoms with Gasteiger partial charge in [-0.25, -0.2) is 4.79 Å². The smallest absolute Gasteiger partial charge is 0.317 e. The third kappa shape index (κ3) is 6.96. The molecule has 0 radical (unpaired) electrons. The lowest BCUT2D eigenvalue weighted by atomic mass is 9.85. The number of rotatable bonds is 9. The van der Waals surface area contributed by atoms with Crippen LogP contribution in [-0.4, -0.2) is 77.6 Å². The van der Waals surface area contributed by atoms with Crippen molar-refractivity contribution in [3.63, 3.8) is 0 Å². The van der Waals surface area contributed by atoms with Crippen LogP contribution in [0, 0.1) is 11.8 Å². The molecule has 3 N–H and O–H groups in total. The van der Waals surface area contributed by atoms with E-state index in [0.29, 0.717) is 32.0 Å². The molecule has 0 aromatic carbocycles. The zero-order chi connectivity index (χ0) is 20.7. The van der Waals surface area contributed by atoms with Crippen molar-refractivity contribution in [2.24, 2.45) is 11.8 Å². The molecule has 160 valence electrons. The number of likely N-dealkylation sites (tertiary alicyclic amines) is 1. The van der Waals surface area contributed by atoms with E-state index in [9.17, 15) is 14.4 Å². The molecule has 1 saturated carbocycles. The van der Waals surface area contributed by atoms with Gasteiger partial charge in [0.15, 0.2) is 0 Å². The van der Waals surface area contributed by atoms with Gasteiger partial charge in [-0.1, -0.05) is 20.8 Å². The van der Waals surface area contributed by atoms with E-state index in [2.05, 4.69) is 24.5 Å². The minimum absolute atomic E-state index is 0.0290.